The van der Waals surface area contributed by atoms with Gasteiger partial charge in [0.15, 0.2) is 17.6 Å². The predicted molar refractivity (Wildman–Crippen MR) is 158 cm³/mol. The average molecular weight is 565 g/mol. The fourth-order valence-corrected chi connectivity index (χ4v) is 5.65. The quantitative estimate of drug-likeness (QED) is 0.272. The Balaban J connectivity index is 1.07. The number of hydrazone groups is 1. The van der Waals surface area contributed by atoms with E-state index in [-0.39, 0.29) is 6.04 Å². The van der Waals surface area contributed by atoms with E-state index in [9.17, 15) is 5.11 Å². The first-order chi connectivity index (χ1) is 20.5. The molecule has 3 aromatic heterocycles. The van der Waals surface area contributed by atoms with Crippen LogP contribution in [0.25, 0.3) is 33.8 Å². The molecule has 5 aromatic rings. The Morgan fingerprint density at radius 3 is 2.48 bits per heavy atom. The van der Waals surface area contributed by atoms with Gasteiger partial charge < -0.3 is 14.1 Å². The highest BCUT2D eigenvalue weighted by atomic mass is 16.3. The highest BCUT2D eigenvalue weighted by molar-refractivity contribution is 5.88. The van der Waals surface area contributed by atoms with Crippen molar-refractivity contribution >= 4 is 16.9 Å². The Bertz CT molecular complexity index is 1720. The van der Waals surface area contributed by atoms with E-state index in [1.54, 1.807) is 17.6 Å². The Morgan fingerprint density at radius 1 is 0.929 bits per heavy atom. The van der Waals surface area contributed by atoms with E-state index < -0.39 is 6.23 Å². The van der Waals surface area contributed by atoms with E-state index in [0.717, 1.165) is 46.8 Å². The number of oxazole rings is 1. The summed E-state index contributed by atoms with van der Waals surface area (Å²) in [6.07, 6.45) is 4.45. The number of nitrogens with one attached hydrogen (secondary N) is 2. The molecule has 2 aliphatic heterocycles. The smallest absolute Gasteiger partial charge is 0.227 e. The number of benzene rings is 2. The molecule has 2 aliphatic rings. The number of aryl methyl sites for hydroxylation is 1. The molecule has 2 atom stereocenters. The van der Waals surface area contributed by atoms with Crippen LogP contribution in [0.2, 0.25) is 0 Å². The van der Waals surface area contributed by atoms with Crippen LogP contribution in [0.3, 0.4) is 0 Å². The maximum atomic E-state index is 11.3. The Kier molecular flexibility index (Phi) is 6.88. The van der Waals surface area contributed by atoms with Crippen molar-refractivity contribution in [3.63, 3.8) is 0 Å². The lowest BCUT2D eigenvalue weighted by molar-refractivity contribution is -0.0331. The number of amidine groups is 1. The van der Waals surface area contributed by atoms with Gasteiger partial charge in [0, 0.05) is 57.6 Å². The first-order valence-electron chi connectivity index (χ1n) is 13.9. The summed E-state index contributed by atoms with van der Waals surface area (Å²) in [5, 5.41) is 17.6. The molecule has 12 nitrogen and oxygen atoms in total. The van der Waals surface area contributed by atoms with Gasteiger partial charge in [-0.15, -0.1) is 10.6 Å². The van der Waals surface area contributed by atoms with Crippen molar-refractivity contribution in [3.05, 3.63) is 90.6 Å². The lowest BCUT2D eigenvalue weighted by Gasteiger charge is -2.40. The number of aliphatic hydroxyl groups excluding tert-OH is 1. The maximum Gasteiger partial charge on any atom is 0.227 e. The predicted octanol–water partition coefficient (Wildman–Crippen LogP) is 2.91. The minimum absolute atomic E-state index is 0.0260. The van der Waals surface area contributed by atoms with Gasteiger partial charge in [0.1, 0.15) is 5.52 Å². The molecular weight excluding hydrogens is 532 g/mol. The Labute approximate surface area is 242 Å². The third-order valence-corrected chi connectivity index (χ3v) is 7.83. The highest BCUT2D eigenvalue weighted by Gasteiger charge is 2.33. The number of aromatic nitrogens is 4. The monoisotopic (exact) mass is 564 g/mol. The molecule has 0 radical (unpaired) electrons. The molecule has 1 fully saturated rings. The number of imidazole rings is 1. The number of hydrazine groups is 2. The molecule has 214 valence electrons. The summed E-state index contributed by atoms with van der Waals surface area (Å²) in [5.41, 5.74) is 12.2. The molecule has 7 rings (SSSR count). The van der Waals surface area contributed by atoms with E-state index in [4.69, 9.17) is 9.40 Å². The van der Waals surface area contributed by atoms with Crippen LogP contribution < -0.4 is 11.0 Å². The number of hydrogen-bond acceptors (Lipinski definition) is 11. The topological polar surface area (TPSA) is 123 Å². The third-order valence-electron chi connectivity index (χ3n) is 7.83. The van der Waals surface area contributed by atoms with Crippen molar-refractivity contribution < 1.29 is 9.52 Å². The van der Waals surface area contributed by atoms with Crippen LogP contribution >= 0.6 is 0 Å². The van der Waals surface area contributed by atoms with Crippen LogP contribution in [0, 0.1) is 0 Å². The third kappa shape index (κ3) is 5.01. The van der Waals surface area contributed by atoms with Gasteiger partial charge in [-0.1, -0.05) is 30.3 Å². The molecule has 2 aromatic carbocycles. The molecule has 42 heavy (non-hydrogen) atoms. The van der Waals surface area contributed by atoms with Crippen LogP contribution in [0.4, 0.5) is 0 Å². The summed E-state index contributed by atoms with van der Waals surface area (Å²) >= 11 is 0. The SMILES string of the molecule is CN1N=C(C(c2ccccc2)N2CCN(C(O)c3cc(-c4nc5cc(-c6cncn6C)ccc5o4)ccn3)CC2)NN1. The van der Waals surface area contributed by atoms with Crippen LogP contribution in [-0.4, -0.2) is 78.6 Å². The second-order valence-electron chi connectivity index (χ2n) is 10.6. The normalized spacial score (nSPS) is 17.8. The van der Waals surface area contributed by atoms with Crippen LogP contribution in [0.15, 0.2) is 88.9 Å². The van der Waals surface area contributed by atoms with Crippen LogP contribution in [0.5, 0.6) is 0 Å². The zero-order valence-electron chi connectivity index (χ0n) is 23.4. The van der Waals surface area contributed by atoms with E-state index in [0.29, 0.717) is 30.3 Å². The number of rotatable bonds is 7. The highest BCUT2D eigenvalue weighted by Crippen LogP contribution is 2.30. The fraction of sp³-hybridized carbons (Fsp3) is 0.267. The molecule has 3 N–H and O–H groups in total. The number of pyridine rings is 1. The second-order valence-corrected chi connectivity index (χ2v) is 10.6. The number of nitrogens with zero attached hydrogens (tertiary/aromatic N) is 8. The molecular formula is C30H32N10O2. The minimum Gasteiger partial charge on any atom is -0.436 e. The van der Waals surface area contributed by atoms with Gasteiger partial charge in [-0.2, -0.15) is 0 Å². The van der Waals surface area contributed by atoms with Crippen molar-refractivity contribution in [1.29, 1.82) is 0 Å². The lowest BCUT2D eigenvalue weighted by atomic mass is 10.0. The zero-order valence-corrected chi connectivity index (χ0v) is 23.4. The largest absolute Gasteiger partial charge is 0.436 e. The summed E-state index contributed by atoms with van der Waals surface area (Å²) in [5.74, 6) is 1.33. The summed E-state index contributed by atoms with van der Waals surface area (Å²) in [6.45, 7) is 2.86. The van der Waals surface area contributed by atoms with E-state index >= 15 is 0 Å². The number of piperazine rings is 1. The molecule has 0 aliphatic carbocycles. The number of fused-ring (bicyclic) bond motifs is 1. The summed E-state index contributed by atoms with van der Waals surface area (Å²) in [4.78, 5) is 17.9. The van der Waals surface area contributed by atoms with Gasteiger partial charge in [0.2, 0.25) is 5.89 Å². The number of aliphatic hydroxyl groups is 1. The van der Waals surface area contributed by atoms with Gasteiger partial charge in [-0.05, 0) is 35.9 Å². The van der Waals surface area contributed by atoms with Crippen LogP contribution in [-0.2, 0) is 7.05 Å². The van der Waals surface area contributed by atoms with Crippen molar-refractivity contribution in [3.8, 4) is 22.7 Å². The summed E-state index contributed by atoms with van der Waals surface area (Å²) in [6, 6.07) is 20.0. The average Bonchev–Trinajstić information content (AvgIpc) is 3.77. The molecule has 1 saturated heterocycles. The first kappa shape index (κ1) is 26.3. The van der Waals surface area contributed by atoms with Gasteiger partial charge >= 0.3 is 0 Å². The fourth-order valence-electron chi connectivity index (χ4n) is 5.65. The Hall–Kier alpha value is -4.62. The minimum atomic E-state index is -0.849. The molecule has 0 saturated carbocycles. The molecule has 0 spiro atoms. The first-order valence-corrected chi connectivity index (χ1v) is 13.9. The van der Waals surface area contributed by atoms with Gasteiger partial charge in [0.05, 0.1) is 30.0 Å². The molecule has 5 heterocycles. The molecule has 0 bridgehead atoms. The van der Waals surface area contributed by atoms with Crippen LogP contribution in [0.1, 0.15) is 23.5 Å². The molecule has 0 amide bonds. The molecule has 2 unspecified atom stereocenters. The van der Waals surface area contributed by atoms with Gasteiger partial charge in [-0.3, -0.25) is 20.2 Å². The van der Waals surface area contributed by atoms with E-state index in [2.05, 4.69) is 43.1 Å². The lowest BCUT2D eigenvalue weighted by Crippen LogP contribution is -2.52. The second kappa shape index (κ2) is 11.0. The van der Waals surface area contributed by atoms with Crippen molar-refractivity contribution in [2.24, 2.45) is 12.1 Å². The summed E-state index contributed by atoms with van der Waals surface area (Å²) < 4.78 is 8.05. The Morgan fingerprint density at radius 2 is 1.74 bits per heavy atom. The van der Waals surface area contributed by atoms with Crippen molar-refractivity contribution in [1.82, 2.24) is 45.4 Å². The van der Waals surface area contributed by atoms with E-state index in [1.807, 2.05) is 78.3 Å². The van der Waals surface area contributed by atoms with E-state index in [1.165, 1.54) is 0 Å². The van der Waals surface area contributed by atoms with Gasteiger partial charge in [-0.25, -0.2) is 15.1 Å². The van der Waals surface area contributed by atoms with Crippen molar-refractivity contribution in [2.45, 2.75) is 12.3 Å². The number of hydrogen-bond donors (Lipinski definition) is 3. The standard InChI is InChI=1S/C30H32N10O2/c1-37-19-31-18-25(37)21-8-9-26-23(16-21)33-29(42-26)22-10-11-32-24(17-22)30(41)40-14-12-39(13-15-40)27(20-6-4-3-5-7-20)28-34-36-38(2)35-28/h3-11,16-19,27,30,36,41H,12-15H2,1-2H3,(H,34,35). The maximum absolute atomic E-state index is 11.3. The van der Waals surface area contributed by atoms with Crippen molar-refractivity contribution in [2.75, 3.05) is 33.2 Å². The molecule has 12 heteroatoms. The summed E-state index contributed by atoms with van der Waals surface area (Å²) in [7, 11) is 3.82. The zero-order chi connectivity index (χ0) is 28.6. The van der Waals surface area contributed by atoms with Gasteiger partial charge in [0.25, 0.3) is 0 Å².